The number of carboxylic acids is 1. The molecule has 2 heterocycles. The Morgan fingerprint density at radius 2 is 1.44 bits per heavy atom. The molecule has 0 aromatic heterocycles. The Balaban J connectivity index is 1.48. The summed E-state index contributed by atoms with van der Waals surface area (Å²) in [5.74, 6) is -1.90. The Hall–Kier alpha value is -3.59. The summed E-state index contributed by atoms with van der Waals surface area (Å²) in [6.45, 7) is 4.86. The number of hydrogen-bond acceptors (Lipinski definition) is 6. The molecule has 0 spiro atoms. The number of hydrogen-bond donors (Lipinski definition) is 2. The number of likely N-dealkylation sites (tertiary alicyclic amines) is 1. The normalized spacial score (nSPS) is 28.8. The first kappa shape index (κ1) is 34.3. The summed E-state index contributed by atoms with van der Waals surface area (Å²) in [6.07, 6.45) is -11.0. The van der Waals surface area contributed by atoms with E-state index in [9.17, 15) is 54.6 Å². The van der Waals surface area contributed by atoms with E-state index in [0.717, 1.165) is 6.07 Å². The summed E-state index contributed by atoms with van der Waals surface area (Å²) < 4.78 is 116. The van der Waals surface area contributed by atoms with Crippen molar-refractivity contribution >= 4 is 27.3 Å². The van der Waals surface area contributed by atoms with Gasteiger partial charge in [-0.1, -0.05) is 36.4 Å². The average Bonchev–Trinajstić information content (AvgIpc) is 3.45. The Bertz CT molecular complexity index is 1760. The van der Waals surface area contributed by atoms with Gasteiger partial charge in [-0.15, -0.1) is 0 Å². The van der Waals surface area contributed by atoms with Crippen LogP contribution in [0.25, 0.3) is 5.57 Å². The van der Waals surface area contributed by atoms with E-state index >= 15 is 0 Å². The molecule has 5 aliphatic rings. The molecule has 1 amide bonds. The van der Waals surface area contributed by atoms with Crippen molar-refractivity contribution in [2.24, 2.45) is 10.8 Å². The number of carbonyl (C=O) groups excluding carboxylic acids is 1. The van der Waals surface area contributed by atoms with E-state index in [1.807, 2.05) is 0 Å². The second kappa shape index (κ2) is 10.7. The third-order valence-corrected chi connectivity index (χ3v) is 13.8. The number of rotatable bonds is 6. The van der Waals surface area contributed by atoms with E-state index in [1.165, 1.54) is 29.2 Å². The Morgan fingerprint density at radius 1 is 0.896 bits per heavy atom. The monoisotopic (exact) mass is 701 g/mol. The summed E-state index contributed by atoms with van der Waals surface area (Å²) in [7, 11) is -4.54. The second-order valence-electron chi connectivity index (χ2n) is 13.6. The van der Waals surface area contributed by atoms with Crippen LogP contribution in [0.1, 0.15) is 68.6 Å². The number of ether oxygens (including phenoxy) is 1. The molecule has 2 aliphatic heterocycles. The van der Waals surface area contributed by atoms with Gasteiger partial charge in [0.05, 0.1) is 16.4 Å². The minimum absolute atomic E-state index is 0.113. The number of benzene rings is 2. The number of nitrogens with zero attached hydrogens (tertiary/aromatic N) is 1. The van der Waals surface area contributed by atoms with Crippen LogP contribution < -0.4 is 4.74 Å². The quantitative estimate of drug-likeness (QED) is 0.349. The molecule has 3 saturated carbocycles. The maximum absolute atomic E-state index is 14.8. The number of carboxylic acid groups (broad SMARTS) is 1. The highest BCUT2D eigenvalue weighted by molar-refractivity contribution is 7.92. The Labute approximate surface area is 272 Å². The molecule has 2 aromatic rings. The van der Waals surface area contributed by atoms with E-state index in [0.29, 0.717) is 23.3 Å². The highest BCUT2D eigenvalue weighted by Gasteiger charge is 2.72. The number of fused-ring (bicyclic) bond motifs is 6. The number of allylic oxidation sites excluding steroid dienone is 1. The maximum Gasteiger partial charge on any atom is 0.430 e. The first-order chi connectivity index (χ1) is 22.2. The smallest absolute Gasteiger partial charge is 0.430 e. The van der Waals surface area contributed by atoms with E-state index < -0.39 is 73.3 Å². The summed E-state index contributed by atoms with van der Waals surface area (Å²) in [5.41, 5.74) is -7.70. The molecule has 7 rings (SSSR count). The summed E-state index contributed by atoms with van der Waals surface area (Å²) in [4.78, 5) is 27.6. The van der Waals surface area contributed by atoms with Crippen LogP contribution in [0.4, 0.5) is 26.3 Å². The van der Waals surface area contributed by atoms with Gasteiger partial charge in [0.2, 0.25) is 5.91 Å². The minimum Gasteiger partial charge on any atom is -0.491 e. The highest BCUT2D eigenvalue weighted by Crippen LogP contribution is 2.60. The van der Waals surface area contributed by atoms with E-state index in [1.54, 1.807) is 6.92 Å². The summed E-state index contributed by atoms with van der Waals surface area (Å²) >= 11 is 0. The average molecular weight is 702 g/mol. The zero-order valence-electron chi connectivity index (χ0n) is 25.7. The lowest BCUT2D eigenvalue weighted by molar-refractivity contribution is -0.376. The lowest BCUT2D eigenvalue weighted by Crippen LogP contribution is -2.59. The van der Waals surface area contributed by atoms with Crippen molar-refractivity contribution in [1.82, 2.24) is 4.90 Å². The molecular formula is C33H33F6NO7S. The highest BCUT2D eigenvalue weighted by atomic mass is 32.2. The molecule has 0 radical (unpaired) electrons. The first-order valence-electron chi connectivity index (χ1n) is 15.4. The number of amides is 1. The van der Waals surface area contributed by atoms with Crippen molar-refractivity contribution < 1.29 is 59.3 Å². The maximum atomic E-state index is 14.8. The molecule has 2 bridgehead atoms. The summed E-state index contributed by atoms with van der Waals surface area (Å²) in [5, 5.41) is 19.9. The topological polar surface area (TPSA) is 121 Å². The summed E-state index contributed by atoms with van der Waals surface area (Å²) in [6, 6.07) is 6.04. The number of aliphatic hydroxyl groups is 1. The van der Waals surface area contributed by atoms with Crippen LogP contribution in [0.2, 0.25) is 0 Å². The van der Waals surface area contributed by atoms with Crippen molar-refractivity contribution in [2.75, 3.05) is 13.2 Å². The molecule has 2 N–H and O–H groups in total. The van der Waals surface area contributed by atoms with Gasteiger partial charge in [-0.3, -0.25) is 9.59 Å². The van der Waals surface area contributed by atoms with Gasteiger partial charge in [0.1, 0.15) is 17.1 Å². The molecule has 15 heteroatoms. The van der Waals surface area contributed by atoms with Crippen LogP contribution in [0.15, 0.2) is 53.9 Å². The van der Waals surface area contributed by atoms with Gasteiger partial charge >= 0.3 is 18.3 Å². The molecule has 1 saturated heterocycles. The molecule has 48 heavy (non-hydrogen) atoms. The van der Waals surface area contributed by atoms with Crippen molar-refractivity contribution in [2.45, 2.75) is 85.5 Å². The third-order valence-electron chi connectivity index (χ3n) is 11.3. The molecular weight excluding hydrogens is 668 g/mol. The van der Waals surface area contributed by atoms with Gasteiger partial charge in [0, 0.05) is 23.1 Å². The SMILES string of the molecule is C=C(C)c1ccc(S(=O)(=O)C23CCN(C(=O)C45CCC(C(=O)O)(CC4)CC5)C2COc2cc(C(O)(C(F)(F)F)C(F)(F)F)ccc23)cc1. The fraction of sp³-hybridized carbons (Fsp3) is 0.515. The lowest BCUT2D eigenvalue weighted by Gasteiger charge is -2.52. The number of halogens is 6. The molecule has 4 fully saturated rings. The fourth-order valence-corrected chi connectivity index (χ4v) is 10.5. The van der Waals surface area contributed by atoms with Crippen LogP contribution in [0.5, 0.6) is 5.75 Å². The van der Waals surface area contributed by atoms with E-state index in [2.05, 4.69) is 6.58 Å². The predicted octanol–water partition coefficient (Wildman–Crippen LogP) is 6.12. The number of aliphatic carboxylic acids is 1. The number of sulfone groups is 1. The molecule has 3 aliphatic carbocycles. The van der Waals surface area contributed by atoms with Crippen LogP contribution in [0.3, 0.4) is 0 Å². The van der Waals surface area contributed by atoms with Crippen LogP contribution in [-0.2, 0) is 29.8 Å². The van der Waals surface area contributed by atoms with E-state index in [4.69, 9.17) is 4.74 Å². The zero-order valence-corrected chi connectivity index (χ0v) is 26.6. The molecule has 2 unspecified atom stereocenters. The van der Waals surface area contributed by atoms with Gasteiger partial charge in [-0.05, 0) is 75.6 Å². The first-order valence-corrected chi connectivity index (χ1v) is 16.8. The second-order valence-corrected chi connectivity index (χ2v) is 15.8. The van der Waals surface area contributed by atoms with Crippen LogP contribution >= 0.6 is 0 Å². The molecule has 2 aromatic carbocycles. The third kappa shape index (κ3) is 4.55. The van der Waals surface area contributed by atoms with E-state index in [-0.39, 0.29) is 67.9 Å². The molecule has 8 nitrogen and oxygen atoms in total. The van der Waals surface area contributed by atoms with Gasteiger partial charge in [-0.2, -0.15) is 26.3 Å². The number of carbonyl (C=O) groups is 2. The zero-order chi connectivity index (χ0) is 35.3. The Kier molecular flexibility index (Phi) is 7.64. The van der Waals surface area contributed by atoms with Gasteiger partial charge in [0.15, 0.2) is 9.84 Å². The van der Waals surface area contributed by atoms with Crippen molar-refractivity contribution in [3.05, 3.63) is 65.7 Å². The largest absolute Gasteiger partial charge is 0.491 e. The lowest BCUT2D eigenvalue weighted by atomic mass is 9.53. The molecule has 260 valence electrons. The standard InChI is InChI=1S/C33H33F6NO7S/c1-19(2)20-3-6-22(7-4-20)48(45,46)30-15-16-40(26(41)28-9-12-29(13-10-28,14-11-28)27(42)43)25(30)18-47-24-17-21(5-8-23(24)30)31(44,32(34,35)36)33(37,38)39/h3-8,17,25,44H,1,9-16,18H2,2H3,(H,42,43). The van der Waals surface area contributed by atoms with Gasteiger partial charge < -0.3 is 19.8 Å². The van der Waals surface area contributed by atoms with Gasteiger partial charge in [0.25, 0.3) is 5.60 Å². The van der Waals surface area contributed by atoms with Crippen molar-refractivity contribution in [3.63, 3.8) is 0 Å². The Morgan fingerprint density at radius 3 is 1.94 bits per heavy atom. The van der Waals surface area contributed by atoms with Crippen LogP contribution in [0, 0.1) is 10.8 Å². The molecule has 2 atom stereocenters. The van der Waals surface area contributed by atoms with Crippen molar-refractivity contribution in [3.8, 4) is 5.75 Å². The van der Waals surface area contributed by atoms with Gasteiger partial charge in [-0.25, -0.2) is 8.42 Å². The van der Waals surface area contributed by atoms with Crippen molar-refractivity contribution in [1.29, 1.82) is 0 Å². The number of alkyl halides is 6. The minimum atomic E-state index is -6.18. The van der Waals surface area contributed by atoms with Crippen LogP contribution in [-0.4, -0.2) is 67.0 Å². The fourth-order valence-electron chi connectivity index (χ4n) is 8.23. The predicted molar refractivity (Wildman–Crippen MR) is 158 cm³/mol.